The van der Waals surface area contributed by atoms with Crippen LogP contribution in [0.3, 0.4) is 0 Å². The number of likely N-dealkylation sites (tertiary alicyclic amines) is 1. The number of hydrogen-bond acceptors (Lipinski definition) is 2. The molecule has 92 valence electrons. The van der Waals surface area contributed by atoms with E-state index in [9.17, 15) is 4.79 Å². The largest absolute Gasteiger partial charge is 0.332 e. The summed E-state index contributed by atoms with van der Waals surface area (Å²) in [5.41, 5.74) is 3.02. The van der Waals surface area contributed by atoms with E-state index in [4.69, 9.17) is 0 Å². The Balaban J connectivity index is 1.91. The molecule has 1 aliphatic heterocycles. The summed E-state index contributed by atoms with van der Waals surface area (Å²) in [7, 11) is 0. The number of rotatable bonds is 1. The highest BCUT2D eigenvalue weighted by Gasteiger charge is 2.35. The molecule has 0 aromatic carbocycles. The van der Waals surface area contributed by atoms with E-state index >= 15 is 0 Å². The molecule has 1 amide bonds. The van der Waals surface area contributed by atoms with Crippen LogP contribution in [0.15, 0.2) is 0 Å². The van der Waals surface area contributed by atoms with E-state index < -0.39 is 0 Å². The molecule has 0 spiro atoms. The van der Waals surface area contributed by atoms with Crippen molar-refractivity contribution < 1.29 is 4.79 Å². The minimum atomic E-state index is 0.127. The molecule has 1 fully saturated rings. The highest BCUT2D eigenvalue weighted by Crippen LogP contribution is 2.29. The van der Waals surface area contributed by atoms with Gasteiger partial charge >= 0.3 is 0 Å². The first kappa shape index (κ1) is 10.8. The molecule has 17 heavy (non-hydrogen) atoms. The summed E-state index contributed by atoms with van der Waals surface area (Å²) in [6, 6.07) is 0.706. The van der Waals surface area contributed by atoms with Crippen LogP contribution in [0.4, 0.5) is 0 Å². The number of H-pyrrole nitrogens is 1. The zero-order valence-corrected chi connectivity index (χ0v) is 10.5. The lowest BCUT2D eigenvalue weighted by atomic mass is 10.1. The van der Waals surface area contributed by atoms with E-state index in [-0.39, 0.29) is 5.91 Å². The maximum Gasteiger partial charge on any atom is 0.275 e. The van der Waals surface area contributed by atoms with E-state index in [1.54, 1.807) is 0 Å². The number of nitrogens with zero attached hydrogens (tertiary/aromatic N) is 2. The molecular weight excluding hydrogens is 214 g/mol. The number of aromatic nitrogens is 2. The van der Waals surface area contributed by atoms with E-state index in [0.717, 1.165) is 32.1 Å². The predicted molar refractivity (Wildman–Crippen MR) is 64.9 cm³/mol. The van der Waals surface area contributed by atoms with Gasteiger partial charge in [-0.1, -0.05) is 0 Å². The monoisotopic (exact) mass is 233 g/mol. The smallest absolute Gasteiger partial charge is 0.275 e. The third-order valence-electron chi connectivity index (χ3n) is 4.20. The Morgan fingerprint density at radius 1 is 1.29 bits per heavy atom. The van der Waals surface area contributed by atoms with Crippen molar-refractivity contribution in [3.8, 4) is 0 Å². The number of carbonyl (C=O) groups excluding carboxylic acids is 1. The van der Waals surface area contributed by atoms with E-state index in [2.05, 4.69) is 24.0 Å². The van der Waals surface area contributed by atoms with Gasteiger partial charge in [0.15, 0.2) is 5.69 Å². The Hall–Kier alpha value is -1.32. The minimum Gasteiger partial charge on any atom is -0.332 e. The fourth-order valence-electron chi connectivity index (χ4n) is 3.21. The summed E-state index contributed by atoms with van der Waals surface area (Å²) >= 11 is 0. The summed E-state index contributed by atoms with van der Waals surface area (Å²) in [6.07, 6.45) is 5.42. The lowest BCUT2D eigenvalue weighted by Crippen LogP contribution is -2.39. The van der Waals surface area contributed by atoms with Crippen molar-refractivity contribution >= 4 is 5.91 Å². The van der Waals surface area contributed by atoms with Crippen molar-refractivity contribution in [3.05, 3.63) is 17.0 Å². The summed E-state index contributed by atoms with van der Waals surface area (Å²) in [6.45, 7) is 4.27. The van der Waals surface area contributed by atoms with E-state index in [0.29, 0.717) is 17.8 Å². The van der Waals surface area contributed by atoms with Gasteiger partial charge in [-0.15, -0.1) is 0 Å². The van der Waals surface area contributed by atoms with Crippen molar-refractivity contribution in [3.63, 3.8) is 0 Å². The predicted octanol–water partition coefficient (Wildman–Crippen LogP) is 1.91. The minimum absolute atomic E-state index is 0.127. The Bertz CT molecular complexity index is 442. The molecule has 0 radical (unpaired) electrons. The van der Waals surface area contributed by atoms with Gasteiger partial charge in [-0.25, -0.2) is 0 Å². The fourth-order valence-corrected chi connectivity index (χ4v) is 3.21. The van der Waals surface area contributed by atoms with Crippen LogP contribution in [0.25, 0.3) is 0 Å². The summed E-state index contributed by atoms with van der Waals surface area (Å²) < 4.78 is 0. The molecule has 2 unspecified atom stereocenters. The number of fused-ring (bicyclic) bond motifs is 1. The van der Waals surface area contributed by atoms with Gasteiger partial charge in [0, 0.05) is 23.3 Å². The van der Waals surface area contributed by atoms with Crippen molar-refractivity contribution in [2.75, 3.05) is 0 Å². The van der Waals surface area contributed by atoms with Crippen LogP contribution < -0.4 is 0 Å². The van der Waals surface area contributed by atoms with Gasteiger partial charge in [-0.3, -0.25) is 9.89 Å². The standard InChI is InChI=1S/C13H19N3O/c1-8-6-7-9(2)16(8)13(17)12-10-4-3-5-11(10)14-15-12/h8-9H,3-7H2,1-2H3,(H,14,15). The van der Waals surface area contributed by atoms with Crippen molar-refractivity contribution in [1.29, 1.82) is 0 Å². The second-order valence-corrected chi connectivity index (χ2v) is 5.37. The third kappa shape index (κ3) is 1.58. The normalized spacial score (nSPS) is 27.5. The molecule has 2 heterocycles. The zero-order valence-electron chi connectivity index (χ0n) is 10.5. The van der Waals surface area contributed by atoms with Crippen LogP contribution >= 0.6 is 0 Å². The lowest BCUT2D eigenvalue weighted by Gasteiger charge is -2.25. The van der Waals surface area contributed by atoms with Gasteiger partial charge in [-0.2, -0.15) is 5.10 Å². The number of amides is 1. The maximum absolute atomic E-state index is 12.5. The third-order valence-corrected chi connectivity index (χ3v) is 4.20. The molecule has 0 saturated carbocycles. The van der Waals surface area contributed by atoms with Gasteiger partial charge < -0.3 is 4.90 Å². The zero-order chi connectivity index (χ0) is 12.0. The van der Waals surface area contributed by atoms with Gasteiger partial charge in [0.2, 0.25) is 0 Å². The fraction of sp³-hybridized carbons (Fsp3) is 0.692. The number of nitrogens with one attached hydrogen (secondary N) is 1. The highest BCUT2D eigenvalue weighted by atomic mass is 16.2. The van der Waals surface area contributed by atoms with Crippen LogP contribution in [0.5, 0.6) is 0 Å². The molecule has 4 nitrogen and oxygen atoms in total. The second kappa shape index (κ2) is 3.86. The molecule has 1 saturated heterocycles. The van der Waals surface area contributed by atoms with Crippen LogP contribution in [0.2, 0.25) is 0 Å². The Morgan fingerprint density at radius 3 is 2.71 bits per heavy atom. The molecule has 1 aromatic heterocycles. The van der Waals surface area contributed by atoms with Gasteiger partial charge in [-0.05, 0) is 46.0 Å². The number of hydrogen-bond donors (Lipinski definition) is 1. The number of carbonyl (C=O) groups is 1. The van der Waals surface area contributed by atoms with Crippen LogP contribution in [0.1, 0.15) is 54.9 Å². The van der Waals surface area contributed by atoms with Crippen LogP contribution in [-0.4, -0.2) is 33.1 Å². The van der Waals surface area contributed by atoms with Crippen LogP contribution in [-0.2, 0) is 12.8 Å². The molecule has 4 heteroatoms. The molecule has 1 aliphatic carbocycles. The van der Waals surface area contributed by atoms with Crippen molar-refractivity contribution in [2.24, 2.45) is 0 Å². The van der Waals surface area contributed by atoms with Gasteiger partial charge in [0.05, 0.1) is 0 Å². The van der Waals surface area contributed by atoms with Gasteiger partial charge in [0.25, 0.3) is 5.91 Å². The van der Waals surface area contributed by atoms with E-state index in [1.165, 1.54) is 11.3 Å². The summed E-state index contributed by atoms with van der Waals surface area (Å²) in [4.78, 5) is 14.5. The van der Waals surface area contributed by atoms with Crippen molar-refractivity contribution in [2.45, 2.75) is 58.0 Å². The molecule has 2 atom stereocenters. The molecule has 2 aliphatic rings. The topological polar surface area (TPSA) is 49.0 Å². The lowest BCUT2D eigenvalue weighted by molar-refractivity contribution is 0.0685. The highest BCUT2D eigenvalue weighted by molar-refractivity contribution is 5.94. The quantitative estimate of drug-likeness (QED) is 0.805. The van der Waals surface area contributed by atoms with Crippen molar-refractivity contribution in [1.82, 2.24) is 15.1 Å². The molecular formula is C13H19N3O. The maximum atomic E-state index is 12.5. The van der Waals surface area contributed by atoms with E-state index in [1.807, 2.05) is 4.90 Å². The molecule has 3 rings (SSSR count). The Morgan fingerprint density at radius 2 is 2.00 bits per heavy atom. The number of aromatic amines is 1. The first-order valence-corrected chi connectivity index (χ1v) is 6.57. The first-order valence-electron chi connectivity index (χ1n) is 6.57. The average Bonchev–Trinajstić information content (AvgIpc) is 2.93. The Kier molecular flexibility index (Phi) is 2.45. The van der Waals surface area contributed by atoms with Crippen LogP contribution in [0, 0.1) is 0 Å². The summed E-state index contributed by atoms with van der Waals surface area (Å²) in [5, 5.41) is 7.26. The number of aryl methyl sites for hydroxylation is 1. The summed E-state index contributed by atoms with van der Waals surface area (Å²) in [5.74, 6) is 0.127. The second-order valence-electron chi connectivity index (χ2n) is 5.37. The molecule has 0 bridgehead atoms. The first-order chi connectivity index (χ1) is 8.18. The molecule has 1 aromatic rings. The van der Waals surface area contributed by atoms with Gasteiger partial charge in [0.1, 0.15) is 0 Å². The average molecular weight is 233 g/mol. The SMILES string of the molecule is CC1CCC(C)N1C(=O)c1n[nH]c2c1CCC2. The Labute approximate surface area is 101 Å². The molecule has 1 N–H and O–H groups in total.